The Morgan fingerprint density at radius 2 is 1.95 bits per heavy atom. The zero-order chi connectivity index (χ0) is 14.9. The van der Waals surface area contributed by atoms with Crippen LogP contribution in [0, 0.1) is 0 Å². The van der Waals surface area contributed by atoms with Gasteiger partial charge in [0.25, 0.3) is 10.0 Å². The highest BCUT2D eigenvalue weighted by atomic mass is 79.9. The van der Waals surface area contributed by atoms with Crippen LogP contribution in [0.25, 0.3) is 10.8 Å². The molecule has 2 heterocycles. The number of nitrogens with one attached hydrogen (secondary N) is 1. The SMILES string of the molecule is O=S(=O)(Nc1cc(Br)ccn1)c1cccc2cnccc12. The van der Waals surface area contributed by atoms with Crippen molar-refractivity contribution in [3.8, 4) is 0 Å². The van der Waals surface area contributed by atoms with Gasteiger partial charge in [0.2, 0.25) is 0 Å². The van der Waals surface area contributed by atoms with E-state index >= 15 is 0 Å². The van der Waals surface area contributed by atoms with Crippen molar-refractivity contribution in [1.82, 2.24) is 9.97 Å². The molecule has 1 N–H and O–H groups in total. The molecule has 0 saturated heterocycles. The number of rotatable bonds is 3. The van der Waals surface area contributed by atoms with Crippen LogP contribution in [0.15, 0.2) is 64.4 Å². The van der Waals surface area contributed by atoms with E-state index in [1.54, 1.807) is 42.7 Å². The Balaban J connectivity index is 2.09. The number of halogens is 1. The van der Waals surface area contributed by atoms with Crippen LogP contribution in [0.4, 0.5) is 5.82 Å². The van der Waals surface area contributed by atoms with E-state index in [4.69, 9.17) is 0 Å². The first-order valence-electron chi connectivity index (χ1n) is 6.03. The number of aromatic nitrogens is 2. The summed E-state index contributed by atoms with van der Waals surface area (Å²) >= 11 is 3.28. The lowest BCUT2D eigenvalue weighted by atomic mass is 10.2. The van der Waals surface area contributed by atoms with Crippen molar-refractivity contribution in [2.75, 3.05) is 4.72 Å². The third-order valence-electron chi connectivity index (χ3n) is 2.89. The molecule has 0 amide bonds. The fraction of sp³-hybridized carbons (Fsp3) is 0. The molecule has 0 atom stereocenters. The number of nitrogens with zero attached hydrogens (tertiary/aromatic N) is 2. The second kappa shape index (κ2) is 5.42. The van der Waals surface area contributed by atoms with Gasteiger partial charge >= 0.3 is 0 Å². The summed E-state index contributed by atoms with van der Waals surface area (Å²) in [5.74, 6) is 0.260. The first-order valence-corrected chi connectivity index (χ1v) is 8.31. The fourth-order valence-corrected chi connectivity index (χ4v) is 3.55. The molecule has 106 valence electrons. The van der Waals surface area contributed by atoms with Crippen molar-refractivity contribution in [3.05, 3.63) is 59.5 Å². The lowest BCUT2D eigenvalue weighted by Gasteiger charge is -2.09. The largest absolute Gasteiger partial charge is 0.264 e. The van der Waals surface area contributed by atoms with Gasteiger partial charge in [-0.25, -0.2) is 13.4 Å². The zero-order valence-electron chi connectivity index (χ0n) is 10.7. The summed E-state index contributed by atoms with van der Waals surface area (Å²) in [4.78, 5) is 8.19. The zero-order valence-corrected chi connectivity index (χ0v) is 13.1. The van der Waals surface area contributed by atoms with E-state index in [1.807, 2.05) is 6.07 Å². The number of sulfonamides is 1. The Hall–Kier alpha value is -1.99. The van der Waals surface area contributed by atoms with Crippen LogP contribution in [-0.2, 0) is 10.0 Å². The van der Waals surface area contributed by atoms with E-state index in [1.165, 1.54) is 6.20 Å². The maximum atomic E-state index is 12.5. The average Bonchev–Trinajstić information content (AvgIpc) is 2.46. The highest BCUT2D eigenvalue weighted by Gasteiger charge is 2.17. The maximum absolute atomic E-state index is 12.5. The highest BCUT2D eigenvalue weighted by molar-refractivity contribution is 9.10. The first-order chi connectivity index (χ1) is 10.1. The number of anilines is 1. The Morgan fingerprint density at radius 1 is 1.10 bits per heavy atom. The summed E-state index contributed by atoms with van der Waals surface area (Å²) in [5, 5.41) is 1.39. The van der Waals surface area contributed by atoms with E-state index in [0.29, 0.717) is 5.39 Å². The van der Waals surface area contributed by atoms with Gasteiger partial charge in [0, 0.05) is 33.8 Å². The molecule has 2 aromatic heterocycles. The van der Waals surface area contributed by atoms with Crippen molar-refractivity contribution < 1.29 is 8.42 Å². The van der Waals surface area contributed by atoms with E-state index in [0.717, 1.165) is 9.86 Å². The molecule has 0 unspecified atom stereocenters. The lowest BCUT2D eigenvalue weighted by molar-refractivity contribution is 0.602. The fourth-order valence-electron chi connectivity index (χ4n) is 1.98. The molecular formula is C14H10BrN3O2S. The molecule has 0 aliphatic heterocycles. The van der Waals surface area contributed by atoms with Crippen molar-refractivity contribution in [2.45, 2.75) is 4.90 Å². The molecule has 5 nitrogen and oxygen atoms in total. The highest BCUT2D eigenvalue weighted by Crippen LogP contribution is 2.24. The van der Waals surface area contributed by atoms with Gasteiger partial charge in [-0.05, 0) is 24.3 Å². The van der Waals surface area contributed by atoms with E-state index in [-0.39, 0.29) is 10.7 Å². The molecule has 0 aliphatic rings. The van der Waals surface area contributed by atoms with Crippen LogP contribution in [0.3, 0.4) is 0 Å². The molecule has 3 aromatic rings. The van der Waals surface area contributed by atoms with Gasteiger partial charge in [0.05, 0.1) is 4.90 Å². The van der Waals surface area contributed by atoms with Crippen LogP contribution in [0.1, 0.15) is 0 Å². The second-order valence-corrected chi connectivity index (χ2v) is 6.88. The summed E-state index contributed by atoms with van der Waals surface area (Å²) in [7, 11) is -3.72. The number of hydrogen-bond donors (Lipinski definition) is 1. The molecule has 1 aromatic carbocycles. The third-order valence-corrected chi connectivity index (χ3v) is 4.80. The Morgan fingerprint density at radius 3 is 2.76 bits per heavy atom. The third kappa shape index (κ3) is 2.88. The first kappa shape index (κ1) is 14.0. The standard InChI is InChI=1S/C14H10BrN3O2S/c15-11-4-7-17-14(8-11)18-21(19,20)13-3-1-2-10-9-16-6-5-12(10)13/h1-9H,(H,17,18). The van der Waals surface area contributed by atoms with Gasteiger partial charge < -0.3 is 0 Å². The summed E-state index contributed by atoms with van der Waals surface area (Å²) < 4.78 is 28.3. The van der Waals surface area contributed by atoms with Gasteiger partial charge in [0.1, 0.15) is 5.82 Å². The molecule has 3 rings (SSSR count). The van der Waals surface area contributed by atoms with E-state index in [9.17, 15) is 8.42 Å². The molecule has 21 heavy (non-hydrogen) atoms. The van der Waals surface area contributed by atoms with E-state index in [2.05, 4.69) is 30.6 Å². The van der Waals surface area contributed by atoms with Crippen molar-refractivity contribution in [3.63, 3.8) is 0 Å². The molecule has 0 saturated carbocycles. The molecule has 0 fully saturated rings. The summed E-state index contributed by atoms with van der Waals surface area (Å²) in [6.07, 6.45) is 4.72. The molecule has 0 radical (unpaired) electrons. The normalized spacial score (nSPS) is 11.5. The van der Waals surface area contributed by atoms with Gasteiger partial charge in [-0.3, -0.25) is 9.71 Å². The van der Waals surface area contributed by atoms with Crippen molar-refractivity contribution in [2.24, 2.45) is 0 Å². The van der Waals surface area contributed by atoms with Crippen molar-refractivity contribution >= 4 is 42.5 Å². The minimum atomic E-state index is -3.72. The van der Waals surface area contributed by atoms with E-state index < -0.39 is 10.0 Å². The van der Waals surface area contributed by atoms with Crippen molar-refractivity contribution in [1.29, 1.82) is 0 Å². The van der Waals surface area contributed by atoms with Gasteiger partial charge in [-0.15, -0.1) is 0 Å². The van der Waals surface area contributed by atoms with Crippen LogP contribution in [0.5, 0.6) is 0 Å². The Bertz CT molecular complexity index is 907. The second-order valence-electron chi connectivity index (χ2n) is 4.32. The minimum Gasteiger partial charge on any atom is -0.264 e. The van der Waals surface area contributed by atoms with Gasteiger partial charge in [-0.2, -0.15) is 0 Å². The molecule has 0 aliphatic carbocycles. The predicted molar refractivity (Wildman–Crippen MR) is 84.5 cm³/mol. The molecule has 0 bridgehead atoms. The topological polar surface area (TPSA) is 72.0 Å². The van der Waals surface area contributed by atoms with Crippen LogP contribution in [0.2, 0.25) is 0 Å². The summed E-state index contributed by atoms with van der Waals surface area (Å²) in [5.41, 5.74) is 0. The van der Waals surface area contributed by atoms with Gasteiger partial charge in [-0.1, -0.05) is 28.1 Å². The molecular weight excluding hydrogens is 354 g/mol. The Labute approximate surface area is 130 Å². The summed E-state index contributed by atoms with van der Waals surface area (Å²) in [6, 6.07) is 10.1. The number of pyridine rings is 2. The molecule has 7 heteroatoms. The molecule has 0 spiro atoms. The van der Waals surface area contributed by atoms with Gasteiger partial charge in [0.15, 0.2) is 0 Å². The smallest absolute Gasteiger partial charge is 0.263 e. The number of fused-ring (bicyclic) bond motifs is 1. The summed E-state index contributed by atoms with van der Waals surface area (Å²) in [6.45, 7) is 0. The monoisotopic (exact) mass is 363 g/mol. The Kier molecular flexibility index (Phi) is 3.60. The van der Waals surface area contributed by atoms with Crippen LogP contribution in [-0.4, -0.2) is 18.4 Å². The minimum absolute atomic E-state index is 0.198. The maximum Gasteiger partial charge on any atom is 0.263 e. The lowest BCUT2D eigenvalue weighted by Crippen LogP contribution is -2.14. The van der Waals surface area contributed by atoms with Crippen LogP contribution >= 0.6 is 15.9 Å². The number of hydrogen-bond acceptors (Lipinski definition) is 4. The average molecular weight is 364 g/mol. The van der Waals surface area contributed by atoms with Crippen LogP contribution < -0.4 is 4.72 Å². The number of benzene rings is 1. The predicted octanol–water partition coefficient (Wildman–Crippen LogP) is 3.19. The quantitative estimate of drug-likeness (QED) is 0.775.